The Kier molecular flexibility index (Phi) is 2.98. The summed E-state index contributed by atoms with van der Waals surface area (Å²) in [5, 5.41) is 0.967. The largest absolute Gasteiger partial charge is 0.248 e. The fourth-order valence-electron chi connectivity index (χ4n) is 1.22. The molecule has 78 valence electrons. The molecule has 1 atom stereocenters. The summed E-state index contributed by atoms with van der Waals surface area (Å²) in [4.78, 5) is 3.96. The second-order valence-electron chi connectivity index (χ2n) is 2.94. The second-order valence-corrected chi connectivity index (χ2v) is 4.10. The number of halogens is 3. The van der Waals surface area contributed by atoms with Crippen LogP contribution in [-0.4, -0.2) is 4.98 Å². The minimum atomic E-state index is -0.744. The number of aromatic nitrogens is 1. The van der Waals surface area contributed by atoms with Gasteiger partial charge in [-0.1, -0.05) is 0 Å². The first kappa shape index (κ1) is 10.5. The molecule has 1 nitrogen and oxygen atoms in total. The molecule has 1 aromatic heterocycles. The standard InChI is InChI=1S/C10H6ClF2NS/c11-10(9-4-15-5-14-9)7-3-6(12)1-2-8(7)13/h1-5,10H. The van der Waals surface area contributed by atoms with E-state index >= 15 is 0 Å². The fourth-order valence-corrected chi connectivity index (χ4v) is 2.16. The third-order valence-electron chi connectivity index (χ3n) is 1.94. The average Bonchev–Trinajstić information content (AvgIpc) is 2.74. The first-order valence-corrected chi connectivity index (χ1v) is 5.53. The van der Waals surface area contributed by atoms with E-state index in [0.717, 1.165) is 18.2 Å². The molecule has 0 fully saturated rings. The van der Waals surface area contributed by atoms with Gasteiger partial charge in [0.2, 0.25) is 0 Å². The summed E-state index contributed by atoms with van der Waals surface area (Å²) in [6, 6.07) is 3.21. The molecule has 5 heteroatoms. The van der Waals surface area contributed by atoms with Gasteiger partial charge in [-0.25, -0.2) is 13.8 Å². The molecule has 0 saturated carbocycles. The Morgan fingerprint density at radius 1 is 1.33 bits per heavy atom. The van der Waals surface area contributed by atoms with Crippen LogP contribution in [0.2, 0.25) is 0 Å². The Labute approximate surface area is 94.3 Å². The van der Waals surface area contributed by atoms with E-state index in [0.29, 0.717) is 5.69 Å². The first-order valence-electron chi connectivity index (χ1n) is 4.15. The molecular weight excluding hydrogens is 240 g/mol. The second kappa shape index (κ2) is 4.24. The van der Waals surface area contributed by atoms with Crippen LogP contribution in [0, 0.1) is 11.6 Å². The van der Waals surface area contributed by atoms with E-state index in [1.165, 1.54) is 11.3 Å². The molecule has 0 saturated heterocycles. The monoisotopic (exact) mass is 245 g/mol. The van der Waals surface area contributed by atoms with Gasteiger partial charge in [0.05, 0.1) is 11.2 Å². The molecule has 15 heavy (non-hydrogen) atoms. The summed E-state index contributed by atoms with van der Waals surface area (Å²) in [7, 11) is 0. The molecule has 2 aromatic rings. The predicted molar refractivity (Wildman–Crippen MR) is 56.2 cm³/mol. The summed E-state index contributed by atoms with van der Waals surface area (Å²) in [6.07, 6.45) is 0. The van der Waals surface area contributed by atoms with Crippen molar-refractivity contribution in [3.63, 3.8) is 0 Å². The van der Waals surface area contributed by atoms with Crippen molar-refractivity contribution in [1.29, 1.82) is 0 Å². The molecule has 1 heterocycles. The quantitative estimate of drug-likeness (QED) is 0.735. The molecule has 0 aliphatic rings. The SMILES string of the molecule is Fc1ccc(F)c(C(Cl)c2cscn2)c1. The summed E-state index contributed by atoms with van der Waals surface area (Å²) in [6.45, 7) is 0. The van der Waals surface area contributed by atoms with Crippen LogP contribution in [0.3, 0.4) is 0 Å². The Morgan fingerprint density at radius 2 is 2.13 bits per heavy atom. The van der Waals surface area contributed by atoms with E-state index in [9.17, 15) is 8.78 Å². The van der Waals surface area contributed by atoms with Gasteiger partial charge in [-0.15, -0.1) is 22.9 Å². The van der Waals surface area contributed by atoms with Crippen LogP contribution < -0.4 is 0 Å². The van der Waals surface area contributed by atoms with Gasteiger partial charge in [0, 0.05) is 10.9 Å². The molecule has 0 radical (unpaired) electrons. The van der Waals surface area contributed by atoms with Gasteiger partial charge in [0.15, 0.2) is 0 Å². The van der Waals surface area contributed by atoms with Crippen LogP contribution in [-0.2, 0) is 0 Å². The third kappa shape index (κ3) is 2.16. The predicted octanol–water partition coefficient (Wildman–Crippen LogP) is 3.75. The molecule has 1 aromatic carbocycles. The zero-order valence-corrected chi connectivity index (χ0v) is 9.03. The van der Waals surface area contributed by atoms with Gasteiger partial charge in [-0.2, -0.15) is 0 Å². The zero-order valence-electron chi connectivity index (χ0n) is 7.45. The molecule has 0 aliphatic carbocycles. The van der Waals surface area contributed by atoms with E-state index in [2.05, 4.69) is 4.98 Å². The Hall–Kier alpha value is -1.00. The lowest BCUT2D eigenvalue weighted by Gasteiger charge is -2.08. The third-order valence-corrected chi connectivity index (χ3v) is 3.01. The molecule has 0 amide bonds. The lowest BCUT2D eigenvalue weighted by atomic mass is 10.1. The van der Waals surface area contributed by atoms with Crippen LogP contribution >= 0.6 is 22.9 Å². The number of rotatable bonds is 2. The lowest BCUT2D eigenvalue weighted by Crippen LogP contribution is -1.98. The summed E-state index contributed by atoms with van der Waals surface area (Å²) < 4.78 is 26.2. The van der Waals surface area contributed by atoms with Crippen LogP contribution in [0.15, 0.2) is 29.1 Å². The molecule has 0 N–H and O–H groups in total. The maximum Gasteiger partial charge on any atom is 0.128 e. The van der Waals surface area contributed by atoms with Gasteiger partial charge in [0.25, 0.3) is 0 Å². The Bertz CT molecular complexity index is 458. The number of hydrogen-bond acceptors (Lipinski definition) is 2. The van der Waals surface area contributed by atoms with Crippen molar-refractivity contribution in [2.24, 2.45) is 0 Å². The van der Waals surface area contributed by atoms with Gasteiger partial charge in [-0.3, -0.25) is 0 Å². The van der Waals surface area contributed by atoms with E-state index < -0.39 is 17.0 Å². The molecule has 0 bridgehead atoms. The van der Waals surface area contributed by atoms with E-state index in [1.54, 1.807) is 10.9 Å². The summed E-state index contributed by atoms with van der Waals surface area (Å²) >= 11 is 7.35. The fraction of sp³-hybridized carbons (Fsp3) is 0.100. The van der Waals surface area contributed by atoms with Crippen molar-refractivity contribution in [3.8, 4) is 0 Å². The number of hydrogen-bond donors (Lipinski definition) is 0. The van der Waals surface area contributed by atoms with Crippen molar-refractivity contribution in [3.05, 3.63) is 52.0 Å². The minimum Gasteiger partial charge on any atom is -0.248 e. The van der Waals surface area contributed by atoms with Crippen molar-refractivity contribution >= 4 is 22.9 Å². The Balaban J connectivity index is 2.41. The Morgan fingerprint density at radius 3 is 2.80 bits per heavy atom. The highest BCUT2D eigenvalue weighted by Crippen LogP contribution is 2.30. The van der Waals surface area contributed by atoms with Gasteiger partial charge in [0.1, 0.15) is 17.0 Å². The number of alkyl halides is 1. The molecule has 1 unspecified atom stereocenters. The molecule has 0 aliphatic heterocycles. The van der Waals surface area contributed by atoms with Crippen molar-refractivity contribution in [1.82, 2.24) is 4.98 Å². The highest BCUT2D eigenvalue weighted by atomic mass is 35.5. The van der Waals surface area contributed by atoms with E-state index in [1.807, 2.05) is 0 Å². The smallest absolute Gasteiger partial charge is 0.128 e. The van der Waals surface area contributed by atoms with Crippen molar-refractivity contribution in [2.45, 2.75) is 5.38 Å². The van der Waals surface area contributed by atoms with Gasteiger partial charge in [-0.05, 0) is 18.2 Å². The maximum absolute atomic E-state index is 13.3. The van der Waals surface area contributed by atoms with Crippen LogP contribution in [0.1, 0.15) is 16.6 Å². The first-order chi connectivity index (χ1) is 7.18. The minimum absolute atomic E-state index is 0.113. The van der Waals surface area contributed by atoms with Gasteiger partial charge < -0.3 is 0 Å². The highest BCUT2D eigenvalue weighted by Gasteiger charge is 2.17. The summed E-state index contributed by atoms with van der Waals surface area (Å²) in [5.41, 5.74) is 2.25. The maximum atomic E-state index is 13.3. The molecule has 2 rings (SSSR count). The topological polar surface area (TPSA) is 12.9 Å². The van der Waals surface area contributed by atoms with Crippen molar-refractivity contribution in [2.75, 3.05) is 0 Å². The number of benzene rings is 1. The number of nitrogens with zero attached hydrogens (tertiary/aromatic N) is 1. The lowest BCUT2D eigenvalue weighted by molar-refractivity contribution is 0.586. The van der Waals surface area contributed by atoms with Crippen LogP contribution in [0.5, 0.6) is 0 Å². The highest BCUT2D eigenvalue weighted by molar-refractivity contribution is 7.07. The van der Waals surface area contributed by atoms with Crippen molar-refractivity contribution < 1.29 is 8.78 Å². The molecule has 0 spiro atoms. The summed E-state index contributed by atoms with van der Waals surface area (Å²) in [5.74, 6) is -1.03. The normalized spacial score (nSPS) is 12.7. The number of thiazole rings is 1. The average molecular weight is 246 g/mol. The zero-order chi connectivity index (χ0) is 10.8. The van der Waals surface area contributed by atoms with Gasteiger partial charge >= 0.3 is 0 Å². The molecular formula is C10H6ClF2NS. The van der Waals surface area contributed by atoms with E-state index in [4.69, 9.17) is 11.6 Å². The van der Waals surface area contributed by atoms with Crippen LogP contribution in [0.4, 0.5) is 8.78 Å². The van der Waals surface area contributed by atoms with Crippen LogP contribution in [0.25, 0.3) is 0 Å². The van der Waals surface area contributed by atoms with E-state index in [-0.39, 0.29) is 5.56 Å².